The van der Waals surface area contributed by atoms with Gasteiger partial charge < -0.3 is 29.0 Å². The fourth-order valence-electron chi connectivity index (χ4n) is 5.06. The van der Waals surface area contributed by atoms with Crippen LogP contribution in [-0.2, 0) is 33.8 Å². The Kier molecular flexibility index (Phi) is 9.78. The van der Waals surface area contributed by atoms with Crippen LogP contribution in [0.4, 0.5) is 0 Å². The number of rotatable bonds is 11. The minimum absolute atomic E-state index is 0.253. The van der Waals surface area contributed by atoms with E-state index in [1.54, 1.807) is 18.9 Å². The van der Waals surface area contributed by atoms with Gasteiger partial charge in [0.05, 0.1) is 26.4 Å². The fourth-order valence-corrected chi connectivity index (χ4v) is 6.20. The number of fused-ring (bicyclic) bond motifs is 1. The molecule has 3 aromatic rings. The molecule has 5 rings (SSSR count). The largest absolute Gasteiger partial charge is 0.497 e. The van der Waals surface area contributed by atoms with Crippen LogP contribution in [0.25, 0.3) is 0 Å². The fraction of sp³-hybridized carbons (Fsp3) is 0.406. The Hall–Kier alpha value is -2.88. The molecule has 212 valence electrons. The zero-order chi connectivity index (χ0) is 27.9. The van der Waals surface area contributed by atoms with Gasteiger partial charge in [0.15, 0.2) is 5.17 Å². The van der Waals surface area contributed by atoms with E-state index in [1.165, 1.54) is 0 Å². The van der Waals surface area contributed by atoms with E-state index in [2.05, 4.69) is 12.1 Å². The summed E-state index contributed by atoms with van der Waals surface area (Å²) in [5, 5.41) is 12.4. The average molecular weight is 563 g/mol. The van der Waals surface area contributed by atoms with Gasteiger partial charge in [0.2, 0.25) is 0 Å². The molecular formula is C32H38N2O5S. The Balaban J connectivity index is 1.39. The van der Waals surface area contributed by atoms with Gasteiger partial charge in [-0.15, -0.1) is 0 Å². The van der Waals surface area contributed by atoms with Gasteiger partial charge in [0.1, 0.15) is 35.5 Å². The maximum absolute atomic E-state index is 11.6. The molecule has 2 aliphatic heterocycles. The van der Waals surface area contributed by atoms with E-state index < -0.39 is 24.4 Å². The van der Waals surface area contributed by atoms with Crippen molar-refractivity contribution in [2.45, 2.75) is 61.9 Å². The number of nitrogens with zero attached hydrogens (tertiary/aromatic N) is 2. The minimum atomic E-state index is -0.754. The summed E-state index contributed by atoms with van der Waals surface area (Å²) in [6, 6.07) is 27.9. The van der Waals surface area contributed by atoms with Crippen molar-refractivity contribution in [3.05, 3.63) is 102 Å². The van der Waals surface area contributed by atoms with Crippen LogP contribution in [0.5, 0.6) is 5.75 Å². The molecule has 0 amide bonds. The van der Waals surface area contributed by atoms with Crippen molar-refractivity contribution in [3.63, 3.8) is 0 Å². The van der Waals surface area contributed by atoms with E-state index in [1.807, 2.05) is 91.8 Å². The molecule has 40 heavy (non-hydrogen) atoms. The van der Waals surface area contributed by atoms with Crippen molar-refractivity contribution in [2.24, 2.45) is 4.99 Å². The molecule has 6 unspecified atom stereocenters. The third-order valence-corrected chi connectivity index (χ3v) is 8.56. The van der Waals surface area contributed by atoms with Crippen LogP contribution in [0.15, 0.2) is 89.9 Å². The quantitative estimate of drug-likeness (QED) is 0.356. The molecule has 0 aromatic heterocycles. The highest BCUT2D eigenvalue weighted by Gasteiger charge is 2.52. The molecule has 0 bridgehead atoms. The molecule has 2 heterocycles. The highest BCUT2D eigenvalue weighted by molar-refractivity contribution is 8.14. The van der Waals surface area contributed by atoms with Crippen LogP contribution in [-0.4, -0.2) is 72.3 Å². The van der Waals surface area contributed by atoms with E-state index in [4.69, 9.17) is 23.9 Å². The number of amidine groups is 1. The normalized spacial score (nSPS) is 24.7. The molecule has 0 saturated carbocycles. The Morgan fingerprint density at radius 2 is 1.45 bits per heavy atom. The molecule has 2 aliphatic rings. The van der Waals surface area contributed by atoms with Crippen molar-refractivity contribution in [3.8, 4) is 5.75 Å². The summed E-state index contributed by atoms with van der Waals surface area (Å²) in [7, 11) is 5.62. The number of aliphatic hydroxyl groups excluding tert-OH is 1. The number of aryl methyl sites for hydroxylation is 1. The first-order valence-corrected chi connectivity index (χ1v) is 14.6. The first-order chi connectivity index (χ1) is 19.5. The third kappa shape index (κ3) is 7.06. The maximum Gasteiger partial charge on any atom is 0.161 e. The van der Waals surface area contributed by atoms with Crippen LogP contribution < -0.4 is 4.74 Å². The van der Waals surface area contributed by atoms with Crippen LogP contribution in [0.3, 0.4) is 0 Å². The van der Waals surface area contributed by atoms with Gasteiger partial charge in [-0.3, -0.25) is 4.99 Å². The second kappa shape index (κ2) is 13.7. The Morgan fingerprint density at radius 3 is 2.02 bits per heavy atom. The van der Waals surface area contributed by atoms with E-state index >= 15 is 0 Å². The van der Waals surface area contributed by atoms with Crippen LogP contribution in [0, 0.1) is 0 Å². The molecule has 7 nitrogen and oxygen atoms in total. The van der Waals surface area contributed by atoms with Gasteiger partial charge in [0.25, 0.3) is 0 Å². The average Bonchev–Trinajstić information content (AvgIpc) is 3.43. The van der Waals surface area contributed by atoms with Gasteiger partial charge in [0, 0.05) is 14.1 Å². The number of aliphatic imine (C=N–C) groups is 1. The first kappa shape index (κ1) is 28.6. The number of ether oxygens (including phenoxy) is 4. The number of thioether (sulfide) groups is 1. The monoisotopic (exact) mass is 562 g/mol. The SMILES string of the molecule is COc1ccc(CCC(O)C2OC3SC(N(C)C)=NC3C(OCc3ccccc3)C2OCc2ccccc2)cc1. The molecule has 1 N–H and O–H groups in total. The van der Waals surface area contributed by atoms with Crippen LogP contribution >= 0.6 is 11.8 Å². The number of hydrogen-bond donors (Lipinski definition) is 1. The minimum Gasteiger partial charge on any atom is -0.497 e. The lowest BCUT2D eigenvalue weighted by atomic mass is 9.91. The smallest absolute Gasteiger partial charge is 0.161 e. The van der Waals surface area contributed by atoms with Gasteiger partial charge in [-0.05, 0) is 41.7 Å². The van der Waals surface area contributed by atoms with Crippen molar-refractivity contribution in [1.82, 2.24) is 4.90 Å². The highest BCUT2D eigenvalue weighted by Crippen LogP contribution is 2.41. The second-order valence-corrected chi connectivity index (χ2v) is 11.4. The lowest BCUT2D eigenvalue weighted by molar-refractivity contribution is -0.221. The molecule has 0 aliphatic carbocycles. The summed E-state index contributed by atoms with van der Waals surface area (Å²) in [5.41, 5.74) is 2.98. The van der Waals surface area contributed by atoms with Crippen molar-refractivity contribution in [2.75, 3.05) is 21.2 Å². The van der Waals surface area contributed by atoms with E-state index in [9.17, 15) is 5.11 Å². The highest BCUT2D eigenvalue weighted by atomic mass is 32.2. The zero-order valence-corrected chi connectivity index (χ0v) is 24.1. The van der Waals surface area contributed by atoms with Gasteiger partial charge >= 0.3 is 0 Å². The molecular weight excluding hydrogens is 524 g/mol. The van der Waals surface area contributed by atoms with Crippen molar-refractivity contribution in [1.29, 1.82) is 0 Å². The van der Waals surface area contributed by atoms with Crippen molar-refractivity contribution < 1.29 is 24.1 Å². The van der Waals surface area contributed by atoms with E-state index in [-0.39, 0.29) is 11.5 Å². The number of aliphatic hydroxyl groups is 1. The van der Waals surface area contributed by atoms with Gasteiger partial charge in [-0.2, -0.15) is 0 Å². The molecule has 8 heteroatoms. The summed E-state index contributed by atoms with van der Waals surface area (Å²) in [6.45, 7) is 0.808. The third-order valence-electron chi connectivity index (χ3n) is 7.26. The predicted molar refractivity (Wildman–Crippen MR) is 159 cm³/mol. The van der Waals surface area contributed by atoms with Gasteiger partial charge in [-0.25, -0.2) is 0 Å². The lowest BCUT2D eigenvalue weighted by Crippen LogP contribution is -2.60. The van der Waals surface area contributed by atoms with Crippen molar-refractivity contribution >= 4 is 16.9 Å². The first-order valence-electron chi connectivity index (χ1n) is 13.7. The summed E-state index contributed by atoms with van der Waals surface area (Å²) in [6.07, 6.45) is -1.01. The molecule has 6 atom stereocenters. The molecule has 1 fully saturated rings. The molecule has 0 spiro atoms. The summed E-state index contributed by atoms with van der Waals surface area (Å²) >= 11 is 1.58. The number of benzene rings is 3. The summed E-state index contributed by atoms with van der Waals surface area (Å²) < 4.78 is 25.1. The Bertz CT molecular complexity index is 1230. The van der Waals surface area contributed by atoms with Crippen LogP contribution in [0.2, 0.25) is 0 Å². The Morgan fingerprint density at radius 1 is 0.850 bits per heavy atom. The Labute approximate surface area is 241 Å². The molecule has 1 saturated heterocycles. The topological polar surface area (TPSA) is 72.8 Å². The zero-order valence-electron chi connectivity index (χ0n) is 23.3. The lowest BCUT2D eigenvalue weighted by Gasteiger charge is -2.44. The van der Waals surface area contributed by atoms with Crippen LogP contribution in [0.1, 0.15) is 23.1 Å². The summed E-state index contributed by atoms with van der Waals surface area (Å²) in [5.74, 6) is 0.814. The molecule has 3 aromatic carbocycles. The standard InChI is InChI=1S/C32H38N2O5S/c1-34(2)32-33-27-29(37-20-23-10-6-4-7-11-23)30(38-21-24-12-8-5-9-13-24)28(39-31(27)40-32)26(35)19-16-22-14-17-25(36-3)18-15-22/h4-15,17-18,26-31,35H,16,19-21H2,1-3H3. The molecule has 0 radical (unpaired) electrons. The van der Waals surface area contributed by atoms with E-state index in [0.29, 0.717) is 26.1 Å². The second-order valence-electron chi connectivity index (χ2n) is 10.4. The van der Waals surface area contributed by atoms with Gasteiger partial charge in [-0.1, -0.05) is 84.6 Å². The predicted octanol–water partition coefficient (Wildman–Crippen LogP) is 4.92. The maximum atomic E-state index is 11.6. The summed E-state index contributed by atoms with van der Waals surface area (Å²) in [4.78, 5) is 6.99. The van der Waals surface area contributed by atoms with E-state index in [0.717, 1.165) is 27.6 Å². The number of hydrogen-bond acceptors (Lipinski definition) is 8. The number of methoxy groups -OCH3 is 1.